The van der Waals surface area contributed by atoms with Crippen molar-refractivity contribution in [1.82, 2.24) is 15.3 Å². The van der Waals surface area contributed by atoms with Crippen molar-refractivity contribution < 1.29 is 9.66 Å². The van der Waals surface area contributed by atoms with Crippen LogP contribution in [-0.4, -0.2) is 53.3 Å². The number of aromatic nitrogens is 2. The summed E-state index contributed by atoms with van der Waals surface area (Å²) in [5, 5.41) is 21.5. The van der Waals surface area contributed by atoms with Crippen LogP contribution >= 0.6 is 12.2 Å². The predicted molar refractivity (Wildman–Crippen MR) is 142 cm³/mol. The molecular formula is C24H33N7O3S. The van der Waals surface area contributed by atoms with Crippen LogP contribution in [0.5, 0.6) is 5.75 Å². The fourth-order valence-electron chi connectivity index (χ4n) is 4.82. The van der Waals surface area contributed by atoms with E-state index in [1.807, 2.05) is 14.1 Å². The summed E-state index contributed by atoms with van der Waals surface area (Å²) in [7, 11) is 5.60. The molecule has 1 heterocycles. The van der Waals surface area contributed by atoms with Crippen LogP contribution in [0, 0.1) is 10.1 Å². The van der Waals surface area contributed by atoms with Gasteiger partial charge in [0.1, 0.15) is 11.6 Å². The zero-order valence-corrected chi connectivity index (χ0v) is 21.3. The Labute approximate surface area is 211 Å². The van der Waals surface area contributed by atoms with Gasteiger partial charge in [-0.05, 0) is 69.7 Å². The Morgan fingerprint density at radius 3 is 2.54 bits per heavy atom. The lowest BCUT2D eigenvalue weighted by molar-refractivity contribution is -0.384. The zero-order chi connectivity index (χ0) is 24.9. The standard InChI is InChI=1S/C24H33N7O3S/c1-30(2)22-18-6-4-5-7-19(18)27-23(29-22)25-15-8-10-16(11-9-15)26-24(35)28-20-14-17(31(32)33)12-13-21(20)34-3/h12-16H,4-11H2,1-3H3,(H,25,27,29)(H2,26,28,35). The van der Waals surface area contributed by atoms with Gasteiger partial charge in [-0.15, -0.1) is 0 Å². The van der Waals surface area contributed by atoms with Crippen molar-refractivity contribution >= 4 is 40.5 Å². The van der Waals surface area contributed by atoms with Gasteiger partial charge in [0.25, 0.3) is 5.69 Å². The molecule has 0 radical (unpaired) electrons. The molecule has 3 N–H and O–H groups in total. The van der Waals surface area contributed by atoms with E-state index in [0.29, 0.717) is 22.6 Å². The number of rotatable bonds is 7. The molecule has 0 atom stereocenters. The number of hydrogen-bond donors (Lipinski definition) is 3. The number of fused-ring (bicyclic) bond motifs is 1. The average Bonchev–Trinajstić information content (AvgIpc) is 2.84. The Kier molecular flexibility index (Phi) is 7.84. The second kappa shape index (κ2) is 11.0. The molecule has 1 fully saturated rings. The summed E-state index contributed by atoms with van der Waals surface area (Å²) in [5.74, 6) is 2.25. The van der Waals surface area contributed by atoms with E-state index in [0.717, 1.165) is 50.3 Å². The van der Waals surface area contributed by atoms with Gasteiger partial charge in [-0.1, -0.05) is 0 Å². The lowest BCUT2D eigenvalue weighted by atomic mass is 9.91. The number of anilines is 3. The largest absolute Gasteiger partial charge is 0.495 e. The third-order valence-corrected chi connectivity index (χ3v) is 6.84. The van der Waals surface area contributed by atoms with E-state index in [9.17, 15) is 10.1 Å². The number of nitro groups is 1. The molecule has 0 saturated heterocycles. The number of benzene rings is 1. The van der Waals surface area contributed by atoms with Gasteiger partial charge in [0, 0.05) is 43.9 Å². The molecule has 35 heavy (non-hydrogen) atoms. The summed E-state index contributed by atoms with van der Waals surface area (Å²) in [6, 6.07) is 4.92. The van der Waals surface area contributed by atoms with Crippen LogP contribution in [-0.2, 0) is 12.8 Å². The Hall–Kier alpha value is -3.21. The smallest absolute Gasteiger partial charge is 0.271 e. The van der Waals surface area contributed by atoms with Crippen molar-refractivity contribution in [2.24, 2.45) is 0 Å². The second-order valence-electron chi connectivity index (χ2n) is 9.33. The molecule has 10 nitrogen and oxygen atoms in total. The van der Waals surface area contributed by atoms with Gasteiger partial charge in [0.15, 0.2) is 5.11 Å². The number of hydrogen-bond acceptors (Lipinski definition) is 8. The Morgan fingerprint density at radius 1 is 1.14 bits per heavy atom. The van der Waals surface area contributed by atoms with Crippen molar-refractivity contribution in [2.75, 3.05) is 36.7 Å². The maximum absolute atomic E-state index is 11.1. The van der Waals surface area contributed by atoms with Crippen LogP contribution in [0.3, 0.4) is 0 Å². The summed E-state index contributed by atoms with van der Waals surface area (Å²) in [4.78, 5) is 22.4. The van der Waals surface area contributed by atoms with Crippen LogP contribution in [0.15, 0.2) is 18.2 Å². The molecular weight excluding hydrogens is 466 g/mol. The Balaban J connectivity index is 1.32. The van der Waals surface area contributed by atoms with Crippen molar-refractivity contribution in [3.63, 3.8) is 0 Å². The first-order valence-electron chi connectivity index (χ1n) is 12.1. The van der Waals surface area contributed by atoms with Crippen molar-refractivity contribution in [3.05, 3.63) is 39.6 Å². The molecule has 0 amide bonds. The number of nitrogens with one attached hydrogen (secondary N) is 3. The monoisotopic (exact) mass is 499 g/mol. The molecule has 0 spiro atoms. The Morgan fingerprint density at radius 2 is 1.86 bits per heavy atom. The molecule has 4 rings (SSSR count). The van der Waals surface area contributed by atoms with E-state index in [2.05, 4.69) is 20.9 Å². The maximum Gasteiger partial charge on any atom is 0.271 e. The number of nitro benzene ring substituents is 1. The minimum absolute atomic E-state index is 0.0236. The molecule has 1 saturated carbocycles. The van der Waals surface area contributed by atoms with E-state index in [1.165, 1.54) is 43.3 Å². The highest BCUT2D eigenvalue weighted by Crippen LogP contribution is 2.30. The molecule has 1 aromatic carbocycles. The first-order chi connectivity index (χ1) is 16.8. The number of aryl methyl sites for hydroxylation is 1. The number of nitrogens with zero attached hydrogens (tertiary/aromatic N) is 4. The zero-order valence-electron chi connectivity index (χ0n) is 20.5. The van der Waals surface area contributed by atoms with E-state index in [1.54, 1.807) is 6.07 Å². The highest BCUT2D eigenvalue weighted by molar-refractivity contribution is 7.80. The first kappa shape index (κ1) is 24.9. The SMILES string of the molecule is COc1ccc([N+](=O)[O-])cc1NC(=S)NC1CCC(Nc2nc3c(c(N(C)C)n2)CCCC3)CC1. The highest BCUT2D eigenvalue weighted by atomic mass is 32.1. The lowest BCUT2D eigenvalue weighted by Gasteiger charge is -2.31. The van der Waals surface area contributed by atoms with Crippen molar-refractivity contribution in [1.29, 1.82) is 0 Å². The molecule has 0 bridgehead atoms. The third kappa shape index (κ3) is 6.08. The maximum atomic E-state index is 11.1. The van der Waals surface area contributed by atoms with Gasteiger partial charge in [0.05, 0.1) is 23.4 Å². The summed E-state index contributed by atoms with van der Waals surface area (Å²) < 4.78 is 5.30. The molecule has 188 valence electrons. The fourth-order valence-corrected chi connectivity index (χ4v) is 5.10. The minimum atomic E-state index is -0.441. The molecule has 2 aliphatic rings. The van der Waals surface area contributed by atoms with Crippen LogP contribution in [0.25, 0.3) is 0 Å². The van der Waals surface area contributed by atoms with E-state index < -0.39 is 4.92 Å². The summed E-state index contributed by atoms with van der Waals surface area (Å²) in [5.41, 5.74) is 2.92. The average molecular weight is 500 g/mol. The molecule has 11 heteroatoms. The fraction of sp³-hybridized carbons (Fsp3) is 0.542. The van der Waals surface area contributed by atoms with Gasteiger partial charge in [0.2, 0.25) is 5.95 Å². The molecule has 0 unspecified atom stereocenters. The van der Waals surface area contributed by atoms with Gasteiger partial charge in [-0.25, -0.2) is 4.98 Å². The number of methoxy groups -OCH3 is 1. The van der Waals surface area contributed by atoms with Crippen LogP contribution in [0.4, 0.5) is 23.1 Å². The third-order valence-electron chi connectivity index (χ3n) is 6.62. The molecule has 2 aromatic rings. The topological polar surface area (TPSA) is 117 Å². The molecule has 2 aliphatic carbocycles. The molecule has 0 aliphatic heterocycles. The lowest BCUT2D eigenvalue weighted by Crippen LogP contribution is -2.42. The van der Waals surface area contributed by atoms with E-state index in [-0.39, 0.29) is 11.7 Å². The van der Waals surface area contributed by atoms with E-state index >= 15 is 0 Å². The Bertz CT molecular complexity index is 1090. The van der Waals surface area contributed by atoms with Gasteiger partial charge < -0.3 is 25.6 Å². The first-order valence-corrected chi connectivity index (χ1v) is 12.5. The summed E-state index contributed by atoms with van der Waals surface area (Å²) in [6.07, 6.45) is 8.28. The highest BCUT2D eigenvalue weighted by Gasteiger charge is 2.24. The summed E-state index contributed by atoms with van der Waals surface area (Å²) in [6.45, 7) is 0. The second-order valence-corrected chi connectivity index (χ2v) is 9.74. The molecule has 1 aromatic heterocycles. The van der Waals surface area contributed by atoms with E-state index in [4.69, 9.17) is 26.9 Å². The van der Waals surface area contributed by atoms with Gasteiger partial charge >= 0.3 is 0 Å². The number of non-ortho nitro benzene ring substituents is 1. The van der Waals surface area contributed by atoms with Crippen LogP contribution < -0.4 is 25.6 Å². The van der Waals surface area contributed by atoms with Crippen molar-refractivity contribution in [3.8, 4) is 5.75 Å². The summed E-state index contributed by atoms with van der Waals surface area (Å²) >= 11 is 5.48. The normalized spacial score (nSPS) is 19.3. The van der Waals surface area contributed by atoms with Gasteiger partial charge in [-0.3, -0.25) is 10.1 Å². The minimum Gasteiger partial charge on any atom is -0.495 e. The number of thiocarbonyl (C=S) groups is 1. The van der Waals surface area contributed by atoms with Crippen LogP contribution in [0.2, 0.25) is 0 Å². The number of ether oxygens (including phenoxy) is 1. The predicted octanol–water partition coefficient (Wildman–Crippen LogP) is 4.05. The quantitative estimate of drug-likeness (QED) is 0.293. The van der Waals surface area contributed by atoms with Crippen molar-refractivity contribution in [2.45, 2.75) is 63.5 Å². The van der Waals surface area contributed by atoms with Crippen LogP contribution in [0.1, 0.15) is 49.8 Å². The van der Waals surface area contributed by atoms with Gasteiger partial charge in [-0.2, -0.15) is 4.98 Å².